The number of aromatic nitrogens is 1. The monoisotopic (exact) mass is 320 g/mol. The molecule has 1 aromatic heterocycles. The van der Waals surface area contributed by atoms with E-state index in [1.807, 2.05) is 24.3 Å². The van der Waals surface area contributed by atoms with Gasteiger partial charge in [-0.15, -0.1) is 12.4 Å². The Hall–Kier alpha value is -1.78. The summed E-state index contributed by atoms with van der Waals surface area (Å²) in [5, 5.41) is 10.6. The van der Waals surface area contributed by atoms with Gasteiger partial charge >= 0.3 is 5.97 Å². The molecule has 0 amide bonds. The number of halogens is 1. The summed E-state index contributed by atoms with van der Waals surface area (Å²) in [6.07, 6.45) is 4.23. The van der Waals surface area contributed by atoms with Gasteiger partial charge in [-0.1, -0.05) is 36.8 Å². The van der Waals surface area contributed by atoms with Crippen molar-refractivity contribution in [1.29, 1.82) is 0 Å². The van der Waals surface area contributed by atoms with E-state index < -0.39 is 5.97 Å². The van der Waals surface area contributed by atoms with E-state index in [1.165, 1.54) is 5.57 Å². The third-order valence-electron chi connectivity index (χ3n) is 4.32. The minimum absolute atomic E-state index is 0. The molecule has 118 valence electrons. The number of rotatable bonds is 3. The van der Waals surface area contributed by atoms with Crippen molar-refractivity contribution >= 4 is 29.3 Å². The first-order valence-corrected chi connectivity index (χ1v) is 7.36. The number of H-pyrrole nitrogens is 1. The number of likely N-dealkylation sites (N-methyl/N-ethyl adjacent to an activating group) is 1. The van der Waals surface area contributed by atoms with Crippen molar-refractivity contribution in [3.63, 3.8) is 0 Å². The molecule has 0 aliphatic carbocycles. The lowest BCUT2D eigenvalue weighted by atomic mass is 9.90. The molecule has 0 bridgehead atoms. The topological polar surface area (TPSA) is 56.3 Å². The zero-order valence-corrected chi connectivity index (χ0v) is 13.6. The van der Waals surface area contributed by atoms with Gasteiger partial charge < -0.3 is 10.1 Å². The predicted molar refractivity (Wildman–Crippen MR) is 90.9 cm³/mol. The quantitative estimate of drug-likeness (QED) is 0.840. The van der Waals surface area contributed by atoms with Crippen LogP contribution in [0.1, 0.15) is 41.9 Å². The van der Waals surface area contributed by atoms with Crippen molar-refractivity contribution in [2.24, 2.45) is 0 Å². The van der Waals surface area contributed by atoms with Crippen LogP contribution < -0.4 is 0 Å². The average molecular weight is 321 g/mol. The van der Waals surface area contributed by atoms with Crippen molar-refractivity contribution in [3.05, 3.63) is 47.2 Å². The van der Waals surface area contributed by atoms with E-state index in [1.54, 1.807) is 0 Å². The van der Waals surface area contributed by atoms with Crippen molar-refractivity contribution < 1.29 is 9.90 Å². The van der Waals surface area contributed by atoms with Gasteiger partial charge in [0, 0.05) is 23.0 Å². The maximum absolute atomic E-state index is 11.7. The van der Waals surface area contributed by atoms with Crippen molar-refractivity contribution in [2.45, 2.75) is 25.8 Å². The Morgan fingerprint density at radius 1 is 1.41 bits per heavy atom. The molecule has 4 nitrogen and oxygen atoms in total. The SMILES string of the molecule is CCC1=CCCN(C)C1c1c(C(=O)O)[nH]c2ccccc12.Cl. The van der Waals surface area contributed by atoms with E-state index >= 15 is 0 Å². The fourth-order valence-corrected chi connectivity index (χ4v) is 3.34. The standard InChI is InChI=1S/C17H20N2O2.ClH/c1-3-11-7-6-10-19(2)16(11)14-12-8-4-5-9-13(12)18-15(14)17(20)21;/h4-5,7-9,16,18H,3,6,10H2,1-2H3,(H,20,21);1H. The maximum atomic E-state index is 11.7. The van der Waals surface area contributed by atoms with Crippen LogP contribution in [0, 0.1) is 0 Å². The number of carboxylic acids is 1. The summed E-state index contributed by atoms with van der Waals surface area (Å²) in [6, 6.07) is 7.87. The van der Waals surface area contributed by atoms with Crippen LogP contribution in [0.4, 0.5) is 0 Å². The molecule has 0 spiro atoms. The van der Waals surface area contributed by atoms with Gasteiger partial charge in [-0.3, -0.25) is 4.90 Å². The van der Waals surface area contributed by atoms with E-state index in [0.29, 0.717) is 5.69 Å². The normalized spacial score (nSPS) is 18.8. The number of hydrogen-bond donors (Lipinski definition) is 2. The fourth-order valence-electron chi connectivity index (χ4n) is 3.34. The number of carbonyl (C=O) groups is 1. The number of benzene rings is 1. The van der Waals surface area contributed by atoms with E-state index in [4.69, 9.17) is 0 Å². The first-order chi connectivity index (χ1) is 10.1. The van der Waals surface area contributed by atoms with Crippen LogP contribution in [0.3, 0.4) is 0 Å². The summed E-state index contributed by atoms with van der Waals surface area (Å²) < 4.78 is 0. The molecule has 1 aliphatic rings. The van der Waals surface area contributed by atoms with Crippen LogP contribution in [0.15, 0.2) is 35.9 Å². The molecule has 5 heteroatoms. The Morgan fingerprint density at radius 2 is 2.14 bits per heavy atom. The van der Waals surface area contributed by atoms with Crippen molar-refractivity contribution in [3.8, 4) is 0 Å². The molecule has 0 radical (unpaired) electrons. The van der Waals surface area contributed by atoms with Gasteiger partial charge in [-0.25, -0.2) is 4.79 Å². The summed E-state index contributed by atoms with van der Waals surface area (Å²) in [5.41, 5.74) is 3.40. The molecule has 1 aromatic carbocycles. The number of aromatic carboxylic acids is 1. The Morgan fingerprint density at radius 3 is 2.82 bits per heavy atom. The minimum atomic E-state index is -0.893. The molecule has 0 fully saturated rings. The van der Waals surface area contributed by atoms with Gasteiger partial charge in [0.25, 0.3) is 0 Å². The molecule has 3 rings (SSSR count). The van der Waals surface area contributed by atoms with E-state index in [0.717, 1.165) is 35.9 Å². The number of nitrogens with zero attached hydrogens (tertiary/aromatic N) is 1. The molecule has 1 aliphatic heterocycles. The third-order valence-corrected chi connectivity index (χ3v) is 4.32. The molecule has 1 unspecified atom stereocenters. The Labute approximate surface area is 136 Å². The first kappa shape index (κ1) is 16.6. The molecule has 2 N–H and O–H groups in total. The van der Waals surface area contributed by atoms with Gasteiger partial charge in [0.2, 0.25) is 0 Å². The summed E-state index contributed by atoms with van der Waals surface area (Å²) >= 11 is 0. The van der Waals surface area contributed by atoms with Crippen LogP contribution in [0.2, 0.25) is 0 Å². The highest BCUT2D eigenvalue weighted by atomic mass is 35.5. The summed E-state index contributed by atoms with van der Waals surface area (Å²) in [7, 11) is 2.07. The minimum Gasteiger partial charge on any atom is -0.477 e. The highest BCUT2D eigenvalue weighted by Crippen LogP contribution is 2.39. The highest BCUT2D eigenvalue weighted by molar-refractivity contribution is 5.98. The number of hydrogen-bond acceptors (Lipinski definition) is 2. The molecule has 0 saturated heterocycles. The number of fused-ring (bicyclic) bond motifs is 1. The van der Waals surface area contributed by atoms with E-state index in [2.05, 4.69) is 29.9 Å². The van der Waals surface area contributed by atoms with Crippen LogP contribution in [0.25, 0.3) is 10.9 Å². The van der Waals surface area contributed by atoms with E-state index in [-0.39, 0.29) is 18.4 Å². The van der Waals surface area contributed by atoms with Gasteiger partial charge in [0.15, 0.2) is 0 Å². The van der Waals surface area contributed by atoms with Crippen LogP contribution >= 0.6 is 12.4 Å². The predicted octanol–water partition coefficient (Wildman–Crippen LogP) is 4.00. The second-order valence-electron chi connectivity index (χ2n) is 5.57. The second kappa shape index (κ2) is 6.55. The van der Waals surface area contributed by atoms with Gasteiger partial charge in [-0.05, 0) is 26.0 Å². The molecule has 1 atom stereocenters. The van der Waals surface area contributed by atoms with Crippen molar-refractivity contribution in [2.75, 3.05) is 13.6 Å². The Kier molecular flexibility index (Phi) is 4.94. The lowest BCUT2D eigenvalue weighted by Crippen LogP contribution is -2.31. The van der Waals surface area contributed by atoms with Crippen molar-refractivity contribution in [1.82, 2.24) is 9.88 Å². The molecule has 2 heterocycles. The van der Waals surface area contributed by atoms with Gasteiger partial charge in [-0.2, -0.15) is 0 Å². The third kappa shape index (κ3) is 2.64. The average Bonchev–Trinajstić information content (AvgIpc) is 2.86. The van der Waals surface area contributed by atoms with Gasteiger partial charge in [0.1, 0.15) is 5.69 Å². The Balaban J connectivity index is 0.00000176. The molecular formula is C17H21ClN2O2. The summed E-state index contributed by atoms with van der Waals surface area (Å²) in [4.78, 5) is 17.0. The molecule has 22 heavy (non-hydrogen) atoms. The molecular weight excluding hydrogens is 300 g/mol. The lowest BCUT2D eigenvalue weighted by Gasteiger charge is -2.34. The number of para-hydroxylation sites is 1. The molecule has 0 saturated carbocycles. The molecule has 2 aromatic rings. The number of aromatic amines is 1. The van der Waals surface area contributed by atoms with E-state index in [9.17, 15) is 9.90 Å². The number of nitrogens with one attached hydrogen (secondary N) is 1. The van der Waals surface area contributed by atoms with Crippen LogP contribution in [-0.2, 0) is 0 Å². The Bertz CT molecular complexity index is 721. The second-order valence-corrected chi connectivity index (χ2v) is 5.57. The number of carboxylic acid groups (broad SMARTS) is 1. The maximum Gasteiger partial charge on any atom is 0.352 e. The van der Waals surface area contributed by atoms with Crippen LogP contribution in [-0.4, -0.2) is 34.6 Å². The fraction of sp³-hybridized carbons (Fsp3) is 0.353. The zero-order chi connectivity index (χ0) is 15.0. The highest BCUT2D eigenvalue weighted by Gasteiger charge is 2.30. The first-order valence-electron chi connectivity index (χ1n) is 7.36. The summed E-state index contributed by atoms with van der Waals surface area (Å²) in [5.74, 6) is -0.893. The zero-order valence-electron chi connectivity index (χ0n) is 12.8. The smallest absolute Gasteiger partial charge is 0.352 e. The largest absolute Gasteiger partial charge is 0.477 e. The lowest BCUT2D eigenvalue weighted by molar-refractivity contribution is 0.0688. The van der Waals surface area contributed by atoms with Gasteiger partial charge in [0.05, 0.1) is 6.04 Å². The van der Waals surface area contributed by atoms with Crippen LogP contribution in [0.5, 0.6) is 0 Å². The summed E-state index contributed by atoms with van der Waals surface area (Å²) in [6.45, 7) is 3.08.